The molecule has 182 valence electrons. The van der Waals surface area contributed by atoms with Crippen LogP contribution in [0.25, 0.3) is 17.4 Å². The number of fused-ring (bicyclic) bond motifs is 1. The summed E-state index contributed by atoms with van der Waals surface area (Å²) in [6, 6.07) is 17.5. The molecule has 2 aromatic carbocycles. The summed E-state index contributed by atoms with van der Waals surface area (Å²) in [4.78, 5) is 31.4. The summed E-state index contributed by atoms with van der Waals surface area (Å²) >= 11 is 7.33. The van der Waals surface area contributed by atoms with E-state index in [9.17, 15) is 9.59 Å². The number of hydrogen-bond acceptors (Lipinski definition) is 7. The number of aromatic nitrogens is 1. The van der Waals surface area contributed by atoms with Crippen LogP contribution >= 0.6 is 22.9 Å². The quantitative estimate of drug-likeness (QED) is 0.366. The van der Waals surface area contributed by atoms with Crippen molar-refractivity contribution in [1.82, 2.24) is 4.57 Å². The first-order chi connectivity index (χ1) is 17.4. The Morgan fingerprint density at radius 3 is 2.61 bits per heavy atom. The van der Waals surface area contributed by atoms with E-state index in [0.29, 0.717) is 42.9 Å². The Morgan fingerprint density at radius 2 is 1.92 bits per heavy atom. The molecule has 0 saturated heterocycles. The number of hydrogen-bond donors (Lipinski definition) is 0. The molecule has 36 heavy (non-hydrogen) atoms. The second-order valence-electron chi connectivity index (χ2n) is 8.06. The molecule has 7 nitrogen and oxygen atoms in total. The molecule has 2 aromatic heterocycles. The summed E-state index contributed by atoms with van der Waals surface area (Å²) in [7, 11) is 2.89. The lowest BCUT2D eigenvalue weighted by Crippen LogP contribution is -2.39. The molecule has 0 unspecified atom stereocenters. The number of nitrogens with zero attached hydrogens (tertiary/aromatic N) is 2. The smallest absolute Gasteiger partial charge is 0.338 e. The van der Waals surface area contributed by atoms with E-state index in [1.54, 1.807) is 44.4 Å². The summed E-state index contributed by atoms with van der Waals surface area (Å²) in [5.41, 5.74) is 2.09. The van der Waals surface area contributed by atoms with Crippen molar-refractivity contribution in [3.8, 4) is 17.1 Å². The number of furan rings is 1. The maximum absolute atomic E-state index is 13.6. The number of benzene rings is 2. The number of methoxy groups -OCH3 is 2. The first kappa shape index (κ1) is 23.8. The molecule has 0 aliphatic carbocycles. The Balaban J connectivity index is 1.64. The van der Waals surface area contributed by atoms with Crippen LogP contribution in [-0.2, 0) is 9.53 Å². The van der Waals surface area contributed by atoms with Gasteiger partial charge in [0.2, 0.25) is 0 Å². The van der Waals surface area contributed by atoms with Crippen molar-refractivity contribution in [3.05, 3.63) is 108 Å². The van der Waals surface area contributed by atoms with E-state index >= 15 is 0 Å². The van der Waals surface area contributed by atoms with Gasteiger partial charge in [0.15, 0.2) is 4.80 Å². The minimum Gasteiger partial charge on any atom is -0.497 e. The van der Waals surface area contributed by atoms with Gasteiger partial charge >= 0.3 is 5.97 Å². The van der Waals surface area contributed by atoms with Crippen molar-refractivity contribution >= 4 is 35.0 Å². The zero-order chi connectivity index (χ0) is 25.4. The van der Waals surface area contributed by atoms with Crippen LogP contribution in [0, 0.1) is 0 Å². The fraction of sp³-hybridized carbons (Fsp3) is 0.148. The number of esters is 1. The van der Waals surface area contributed by atoms with E-state index in [1.165, 1.54) is 23.0 Å². The Hall–Kier alpha value is -3.88. The minimum atomic E-state index is -0.694. The van der Waals surface area contributed by atoms with Gasteiger partial charge in [0.1, 0.15) is 17.3 Å². The summed E-state index contributed by atoms with van der Waals surface area (Å²) in [6.45, 7) is 1.74. The lowest BCUT2D eigenvalue weighted by atomic mass is 9.96. The Labute approximate surface area is 215 Å². The summed E-state index contributed by atoms with van der Waals surface area (Å²) < 4.78 is 18.2. The third-order valence-corrected chi connectivity index (χ3v) is 7.09. The predicted molar refractivity (Wildman–Crippen MR) is 138 cm³/mol. The molecule has 9 heteroatoms. The fourth-order valence-electron chi connectivity index (χ4n) is 4.15. The van der Waals surface area contributed by atoms with Crippen LogP contribution in [0.15, 0.2) is 86.1 Å². The molecular weight excluding hydrogens is 500 g/mol. The molecule has 0 bridgehead atoms. The van der Waals surface area contributed by atoms with E-state index in [4.69, 9.17) is 25.5 Å². The number of rotatable bonds is 5. The summed E-state index contributed by atoms with van der Waals surface area (Å²) in [6.07, 6.45) is 1.68. The number of carbonyl (C=O) groups is 1. The second-order valence-corrected chi connectivity index (χ2v) is 9.50. The molecule has 0 radical (unpaired) electrons. The van der Waals surface area contributed by atoms with Gasteiger partial charge in [-0.2, -0.15) is 0 Å². The second kappa shape index (κ2) is 9.64. The molecule has 0 N–H and O–H groups in total. The molecule has 0 amide bonds. The van der Waals surface area contributed by atoms with Gasteiger partial charge < -0.3 is 13.9 Å². The van der Waals surface area contributed by atoms with Crippen molar-refractivity contribution in [1.29, 1.82) is 0 Å². The standard InChI is InChI=1S/C27H21ClN2O5S/c1-15-23(26(32)34-3)24(16-7-9-19(33-2)10-8-16)30-25(31)22(36-27(30)29-15)14-20-11-12-21(35-20)17-5-4-6-18(28)13-17/h4-14,24H,1-3H3/t24-/m0/s1. The van der Waals surface area contributed by atoms with Crippen LogP contribution < -0.4 is 19.6 Å². The first-order valence-corrected chi connectivity index (χ1v) is 12.2. The average molecular weight is 521 g/mol. The van der Waals surface area contributed by atoms with E-state index in [2.05, 4.69) is 4.99 Å². The first-order valence-electron chi connectivity index (χ1n) is 11.0. The van der Waals surface area contributed by atoms with Gasteiger partial charge in [0, 0.05) is 16.7 Å². The Morgan fingerprint density at radius 1 is 1.14 bits per heavy atom. The molecular formula is C27H21ClN2O5S. The van der Waals surface area contributed by atoms with E-state index in [1.807, 2.05) is 36.4 Å². The number of halogens is 1. The SMILES string of the molecule is COC(=O)C1=C(C)N=c2sc(=Cc3ccc(-c4cccc(Cl)c4)o3)c(=O)n2[C@H]1c1ccc(OC)cc1. The highest BCUT2D eigenvalue weighted by molar-refractivity contribution is 7.07. The van der Waals surface area contributed by atoms with Crippen LogP contribution in [-0.4, -0.2) is 24.8 Å². The van der Waals surface area contributed by atoms with Crippen LogP contribution in [0.4, 0.5) is 0 Å². The van der Waals surface area contributed by atoms with Crippen molar-refractivity contribution in [2.45, 2.75) is 13.0 Å². The van der Waals surface area contributed by atoms with Crippen molar-refractivity contribution in [3.63, 3.8) is 0 Å². The lowest BCUT2D eigenvalue weighted by Gasteiger charge is -2.24. The third kappa shape index (κ3) is 4.29. The van der Waals surface area contributed by atoms with Gasteiger partial charge in [-0.25, -0.2) is 9.79 Å². The van der Waals surface area contributed by atoms with E-state index in [-0.39, 0.29) is 5.56 Å². The number of ether oxygens (including phenoxy) is 2. The van der Waals surface area contributed by atoms with Gasteiger partial charge in [-0.15, -0.1) is 0 Å². The topological polar surface area (TPSA) is 83.0 Å². The minimum absolute atomic E-state index is 0.283. The zero-order valence-corrected chi connectivity index (χ0v) is 21.2. The monoisotopic (exact) mass is 520 g/mol. The highest BCUT2D eigenvalue weighted by Gasteiger charge is 2.33. The Kier molecular flexibility index (Phi) is 6.38. The molecule has 1 atom stereocenters. The van der Waals surface area contributed by atoms with Crippen LogP contribution in [0.3, 0.4) is 0 Å². The molecule has 0 saturated carbocycles. The van der Waals surface area contributed by atoms with Gasteiger partial charge in [-0.3, -0.25) is 9.36 Å². The van der Waals surface area contributed by atoms with Gasteiger partial charge in [0.25, 0.3) is 5.56 Å². The third-order valence-electron chi connectivity index (χ3n) is 5.87. The molecule has 0 fully saturated rings. The van der Waals surface area contributed by atoms with Gasteiger partial charge in [-0.1, -0.05) is 47.2 Å². The van der Waals surface area contributed by atoms with E-state index in [0.717, 1.165) is 11.1 Å². The van der Waals surface area contributed by atoms with Gasteiger partial charge in [-0.05, 0) is 48.9 Å². The Bertz CT molecular complexity index is 1680. The molecule has 5 rings (SSSR count). The molecule has 3 heterocycles. The highest BCUT2D eigenvalue weighted by atomic mass is 35.5. The molecule has 0 spiro atoms. The zero-order valence-electron chi connectivity index (χ0n) is 19.7. The maximum Gasteiger partial charge on any atom is 0.338 e. The van der Waals surface area contributed by atoms with Crippen LogP contribution in [0.1, 0.15) is 24.3 Å². The van der Waals surface area contributed by atoms with Crippen LogP contribution in [0.5, 0.6) is 5.75 Å². The maximum atomic E-state index is 13.6. The van der Waals surface area contributed by atoms with Crippen molar-refractivity contribution in [2.24, 2.45) is 4.99 Å². The van der Waals surface area contributed by atoms with E-state index < -0.39 is 12.0 Å². The number of thiazole rings is 1. The van der Waals surface area contributed by atoms with Crippen molar-refractivity contribution < 1.29 is 18.7 Å². The fourth-order valence-corrected chi connectivity index (χ4v) is 5.37. The summed E-state index contributed by atoms with van der Waals surface area (Å²) in [5, 5.41) is 0.606. The molecule has 1 aliphatic rings. The average Bonchev–Trinajstić information content (AvgIpc) is 3.47. The van der Waals surface area contributed by atoms with Crippen LogP contribution in [0.2, 0.25) is 5.02 Å². The highest BCUT2D eigenvalue weighted by Crippen LogP contribution is 2.31. The predicted octanol–water partition coefficient (Wildman–Crippen LogP) is 4.33. The summed E-state index contributed by atoms with van der Waals surface area (Å²) in [5.74, 6) is 1.28. The normalized spacial score (nSPS) is 15.4. The largest absolute Gasteiger partial charge is 0.497 e. The lowest BCUT2D eigenvalue weighted by molar-refractivity contribution is -0.136. The van der Waals surface area contributed by atoms with Gasteiger partial charge in [0.05, 0.1) is 36.1 Å². The number of allylic oxidation sites excluding steroid dienone is 1. The molecule has 1 aliphatic heterocycles. The number of carbonyl (C=O) groups excluding carboxylic acids is 1. The van der Waals surface area contributed by atoms with Crippen molar-refractivity contribution in [2.75, 3.05) is 14.2 Å². The molecule has 4 aromatic rings.